The van der Waals surface area contributed by atoms with Crippen LogP contribution in [0.5, 0.6) is 0 Å². The normalized spacial score (nSPS) is 12.1. The lowest BCUT2D eigenvalue weighted by Crippen LogP contribution is -2.05. The zero-order chi connectivity index (χ0) is 14.3. The van der Waals surface area contributed by atoms with Gasteiger partial charge in [0.15, 0.2) is 9.84 Å². The van der Waals surface area contributed by atoms with E-state index in [9.17, 15) is 8.42 Å². The highest BCUT2D eigenvalue weighted by atomic mass is 32.2. The third-order valence-corrected chi connectivity index (χ3v) is 5.38. The number of rotatable bonds is 2. The highest BCUT2D eigenvalue weighted by Crippen LogP contribution is 2.34. The highest BCUT2D eigenvalue weighted by Gasteiger charge is 2.18. The molecule has 3 aromatic carbocycles. The molecule has 4 heteroatoms. The van der Waals surface area contributed by atoms with Crippen molar-refractivity contribution in [1.29, 1.82) is 0 Å². The molecule has 0 aliphatic carbocycles. The minimum Gasteiger partial charge on any atom is -0.398 e. The Morgan fingerprint density at radius 3 is 2.45 bits per heavy atom. The number of hydrogen-bond donors (Lipinski definition) is 1. The van der Waals surface area contributed by atoms with Gasteiger partial charge in [-0.1, -0.05) is 43.3 Å². The lowest BCUT2D eigenvalue weighted by molar-refractivity contribution is 0.598. The van der Waals surface area contributed by atoms with Gasteiger partial charge in [-0.05, 0) is 22.9 Å². The molecule has 0 aliphatic heterocycles. The molecule has 3 aromatic rings. The van der Waals surface area contributed by atoms with Gasteiger partial charge >= 0.3 is 0 Å². The van der Waals surface area contributed by atoms with Crippen LogP contribution in [0.25, 0.3) is 21.5 Å². The van der Waals surface area contributed by atoms with E-state index in [2.05, 4.69) is 0 Å². The minimum absolute atomic E-state index is 0.0678. The summed E-state index contributed by atoms with van der Waals surface area (Å²) in [5.74, 6) is 0.0678. The first-order valence-corrected chi connectivity index (χ1v) is 8.12. The van der Waals surface area contributed by atoms with Crippen molar-refractivity contribution in [3.63, 3.8) is 0 Å². The highest BCUT2D eigenvalue weighted by molar-refractivity contribution is 7.91. The van der Waals surface area contributed by atoms with E-state index in [0.717, 1.165) is 16.2 Å². The molecular weight excluding hydrogens is 270 g/mol. The van der Waals surface area contributed by atoms with Crippen molar-refractivity contribution in [3.05, 3.63) is 48.5 Å². The molecule has 3 rings (SSSR count). The van der Waals surface area contributed by atoms with E-state index < -0.39 is 9.84 Å². The second-order valence-electron chi connectivity index (χ2n) is 4.77. The molecule has 0 spiro atoms. The Morgan fingerprint density at radius 2 is 1.70 bits per heavy atom. The zero-order valence-electron chi connectivity index (χ0n) is 11.1. The van der Waals surface area contributed by atoms with Crippen LogP contribution in [-0.4, -0.2) is 14.2 Å². The summed E-state index contributed by atoms with van der Waals surface area (Å²) in [4.78, 5) is 0.320. The second kappa shape index (κ2) is 4.49. The minimum atomic E-state index is -3.30. The number of nitrogen functional groups attached to an aromatic ring is 1. The number of fused-ring (bicyclic) bond motifs is 2. The van der Waals surface area contributed by atoms with Gasteiger partial charge in [-0.15, -0.1) is 0 Å². The predicted molar refractivity (Wildman–Crippen MR) is 83.6 cm³/mol. The van der Waals surface area contributed by atoms with Crippen LogP contribution in [0.3, 0.4) is 0 Å². The smallest absolute Gasteiger partial charge is 0.178 e. The number of sulfone groups is 1. The maximum atomic E-state index is 12.2. The Morgan fingerprint density at radius 1 is 1.00 bits per heavy atom. The van der Waals surface area contributed by atoms with Gasteiger partial charge in [0.25, 0.3) is 0 Å². The van der Waals surface area contributed by atoms with Gasteiger partial charge in [-0.2, -0.15) is 0 Å². The summed E-state index contributed by atoms with van der Waals surface area (Å²) in [5.41, 5.74) is 6.78. The van der Waals surface area contributed by atoms with Crippen molar-refractivity contribution in [2.45, 2.75) is 11.8 Å². The standard InChI is InChI=1S/C16H15NO2S/c1-2-20(18,19)14-9-5-7-12-10-11-6-3-4-8-13(11)16(17)15(12)14/h3-10H,2,17H2,1H3. The summed E-state index contributed by atoms with van der Waals surface area (Å²) >= 11 is 0. The Hall–Kier alpha value is -2.07. The number of anilines is 1. The Labute approximate surface area is 117 Å². The average molecular weight is 285 g/mol. The second-order valence-corrected chi connectivity index (χ2v) is 7.02. The Bertz CT molecular complexity index is 914. The van der Waals surface area contributed by atoms with Crippen LogP contribution in [0, 0.1) is 0 Å². The fourth-order valence-electron chi connectivity index (χ4n) is 2.54. The van der Waals surface area contributed by atoms with Crippen LogP contribution >= 0.6 is 0 Å². The molecule has 0 saturated carbocycles. The van der Waals surface area contributed by atoms with Crippen molar-refractivity contribution in [2.24, 2.45) is 0 Å². The summed E-state index contributed by atoms with van der Waals surface area (Å²) in [6, 6.07) is 15.0. The van der Waals surface area contributed by atoms with Crippen molar-refractivity contribution in [2.75, 3.05) is 11.5 Å². The molecule has 0 bridgehead atoms. The van der Waals surface area contributed by atoms with Crippen LogP contribution < -0.4 is 5.73 Å². The van der Waals surface area contributed by atoms with Gasteiger partial charge in [0, 0.05) is 16.5 Å². The van der Waals surface area contributed by atoms with Gasteiger partial charge in [0.2, 0.25) is 0 Å². The van der Waals surface area contributed by atoms with Gasteiger partial charge in [0.05, 0.1) is 10.6 Å². The lowest BCUT2D eigenvalue weighted by atomic mass is 10.0. The maximum Gasteiger partial charge on any atom is 0.178 e. The van der Waals surface area contributed by atoms with E-state index in [1.165, 1.54) is 0 Å². The first kappa shape index (κ1) is 12.9. The summed E-state index contributed by atoms with van der Waals surface area (Å²) in [6.07, 6.45) is 0. The van der Waals surface area contributed by atoms with E-state index >= 15 is 0 Å². The number of hydrogen-bond acceptors (Lipinski definition) is 3. The SMILES string of the molecule is CCS(=O)(=O)c1cccc2cc3ccccc3c(N)c12. The molecule has 20 heavy (non-hydrogen) atoms. The molecule has 102 valence electrons. The van der Waals surface area contributed by atoms with Crippen LogP contribution in [0.15, 0.2) is 53.4 Å². The molecule has 0 saturated heterocycles. The van der Waals surface area contributed by atoms with E-state index in [0.29, 0.717) is 16.0 Å². The molecular formula is C16H15NO2S. The number of benzene rings is 3. The van der Waals surface area contributed by atoms with Gasteiger partial charge in [-0.3, -0.25) is 0 Å². The molecule has 3 nitrogen and oxygen atoms in total. The monoisotopic (exact) mass is 285 g/mol. The molecule has 0 heterocycles. The van der Waals surface area contributed by atoms with Gasteiger partial charge in [0.1, 0.15) is 0 Å². The third-order valence-electron chi connectivity index (χ3n) is 3.60. The molecule has 0 aliphatic rings. The maximum absolute atomic E-state index is 12.2. The summed E-state index contributed by atoms with van der Waals surface area (Å²) in [5, 5.41) is 3.39. The van der Waals surface area contributed by atoms with Crippen LogP contribution in [0.4, 0.5) is 5.69 Å². The molecule has 2 N–H and O–H groups in total. The van der Waals surface area contributed by atoms with E-state index in [-0.39, 0.29) is 5.75 Å². The van der Waals surface area contributed by atoms with Crippen molar-refractivity contribution in [1.82, 2.24) is 0 Å². The lowest BCUT2D eigenvalue weighted by Gasteiger charge is -2.11. The predicted octanol–water partition coefficient (Wildman–Crippen LogP) is 3.37. The first-order valence-electron chi connectivity index (χ1n) is 6.47. The molecule has 0 unspecified atom stereocenters. The Kier molecular flexibility index (Phi) is 2.91. The Balaban J connectivity index is 2.55. The van der Waals surface area contributed by atoms with E-state index in [1.807, 2.05) is 36.4 Å². The molecule has 0 radical (unpaired) electrons. The molecule has 0 atom stereocenters. The third kappa shape index (κ3) is 1.84. The van der Waals surface area contributed by atoms with Crippen LogP contribution in [0.2, 0.25) is 0 Å². The van der Waals surface area contributed by atoms with Crippen molar-refractivity contribution < 1.29 is 8.42 Å². The van der Waals surface area contributed by atoms with Crippen LogP contribution in [-0.2, 0) is 9.84 Å². The van der Waals surface area contributed by atoms with Gasteiger partial charge in [-0.25, -0.2) is 8.42 Å². The molecule has 0 fully saturated rings. The quantitative estimate of drug-likeness (QED) is 0.580. The van der Waals surface area contributed by atoms with Crippen molar-refractivity contribution in [3.8, 4) is 0 Å². The summed E-state index contributed by atoms with van der Waals surface area (Å²) < 4.78 is 24.5. The van der Waals surface area contributed by atoms with Gasteiger partial charge < -0.3 is 5.73 Å². The van der Waals surface area contributed by atoms with E-state index in [1.54, 1.807) is 19.1 Å². The fraction of sp³-hybridized carbons (Fsp3) is 0.125. The molecule has 0 amide bonds. The number of nitrogens with two attached hydrogens (primary N) is 1. The largest absolute Gasteiger partial charge is 0.398 e. The summed E-state index contributed by atoms with van der Waals surface area (Å²) in [7, 11) is -3.30. The van der Waals surface area contributed by atoms with Crippen LogP contribution in [0.1, 0.15) is 6.92 Å². The van der Waals surface area contributed by atoms with Crippen molar-refractivity contribution >= 4 is 37.1 Å². The fourth-order valence-corrected chi connectivity index (χ4v) is 3.68. The zero-order valence-corrected chi connectivity index (χ0v) is 11.9. The first-order chi connectivity index (χ1) is 9.54. The summed E-state index contributed by atoms with van der Waals surface area (Å²) in [6.45, 7) is 1.64. The topological polar surface area (TPSA) is 60.2 Å². The average Bonchev–Trinajstić information content (AvgIpc) is 2.47. The van der Waals surface area contributed by atoms with E-state index in [4.69, 9.17) is 5.73 Å². The molecule has 0 aromatic heterocycles.